The van der Waals surface area contributed by atoms with Crippen molar-refractivity contribution in [3.8, 4) is 0 Å². The summed E-state index contributed by atoms with van der Waals surface area (Å²) >= 11 is 0. The fourth-order valence-electron chi connectivity index (χ4n) is 1.82. The molecule has 2 aromatic carbocycles. The molecule has 0 aliphatic carbocycles. The van der Waals surface area contributed by atoms with Crippen LogP contribution < -0.4 is 10.6 Å². The van der Waals surface area contributed by atoms with E-state index in [0.717, 1.165) is 31.7 Å². The van der Waals surface area contributed by atoms with Gasteiger partial charge in [-0.25, -0.2) is 0 Å². The molecule has 0 heterocycles. The van der Waals surface area contributed by atoms with Crippen molar-refractivity contribution in [2.75, 3.05) is 19.6 Å². The number of nitrogens with one attached hydrogen (secondary N) is 2. The first-order valence-electron chi connectivity index (χ1n) is 11.7. The molecule has 0 spiro atoms. The van der Waals surface area contributed by atoms with E-state index >= 15 is 0 Å². The van der Waals surface area contributed by atoms with E-state index in [1.165, 1.54) is 5.56 Å². The van der Waals surface area contributed by atoms with E-state index in [1.54, 1.807) is 12.4 Å². The molecule has 0 unspecified atom stereocenters. The first-order valence-corrected chi connectivity index (χ1v) is 11.7. The summed E-state index contributed by atoms with van der Waals surface area (Å²) in [6.45, 7) is 20.1. The van der Waals surface area contributed by atoms with Crippen molar-refractivity contribution in [3.05, 3.63) is 85.9 Å². The molecule has 0 amide bonds. The first kappa shape index (κ1) is 47.0. The van der Waals surface area contributed by atoms with Gasteiger partial charge in [0.05, 0.1) is 0 Å². The zero-order valence-electron chi connectivity index (χ0n) is 23.2. The maximum Gasteiger partial charge on any atom is 0.0356 e. The summed E-state index contributed by atoms with van der Waals surface area (Å²) in [6, 6.07) is 20.1. The SMILES string of the molecule is CC.CC.CC=NCC.CCNCC.[CH2-]N=Cc1ccccc1.[CH2-]NCc1ccccc1.[Y].[Y]. The summed E-state index contributed by atoms with van der Waals surface area (Å²) in [7, 11) is 6.88. The van der Waals surface area contributed by atoms with E-state index in [9.17, 15) is 0 Å². The van der Waals surface area contributed by atoms with Crippen LogP contribution in [0.2, 0.25) is 0 Å². The largest absolute Gasteiger partial charge is 0.469 e. The van der Waals surface area contributed by atoms with E-state index in [2.05, 4.69) is 60.7 Å². The Morgan fingerprint density at radius 1 is 0.794 bits per heavy atom. The monoisotopic (exact) mass is 620 g/mol. The van der Waals surface area contributed by atoms with Crippen molar-refractivity contribution in [1.82, 2.24) is 10.6 Å². The van der Waals surface area contributed by atoms with Crippen LogP contribution >= 0.6 is 0 Å². The normalized spacial score (nSPS) is 8.26. The molecule has 0 aromatic heterocycles. The van der Waals surface area contributed by atoms with Gasteiger partial charge in [0.2, 0.25) is 0 Å². The van der Waals surface area contributed by atoms with Crippen molar-refractivity contribution < 1.29 is 65.4 Å². The molecule has 4 nitrogen and oxygen atoms in total. The van der Waals surface area contributed by atoms with Crippen LogP contribution in [0.1, 0.15) is 66.5 Å². The van der Waals surface area contributed by atoms with E-state index in [1.807, 2.05) is 90.1 Å². The number of hydrogen-bond donors (Lipinski definition) is 2. The predicted octanol–water partition coefficient (Wildman–Crippen LogP) is 7.23. The Labute approximate surface area is 263 Å². The van der Waals surface area contributed by atoms with Crippen LogP contribution in [0.4, 0.5) is 0 Å². The fraction of sp³-hybridized carbons (Fsp3) is 0.429. The maximum absolute atomic E-state index is 3.85. The Morgan fingerprint density at radius 3 is 1.50 bits per heavy atom. The van der Waals surface area contributed by atoms with Gasteiger partial charge in [-0.2, -0.15) is 7.05 Å². The molecule has 0 bridgehead atoms. The Kier molecular flexibility index (Phi) is 68.9. The number of benzene rings is 2. The van der Waals surface area contributed by atoms with Gasteiger partial charge in [0, 0.05) is 72.0 Å². The van der Waals surface area contributed by atoms with Crippen LogP contribution in [0, 0.1) is 14.1 Å². The number of nitrogens with zero attached hydrogens (tertiary/aromatic N) is 2. The third kappa shape index (κ3) is 45.3. The van der Waals surface area contributed by atoms with Gasteiger partial charge >= 0.3 is 0 Å². The summed E-state index contributed by atoms with van der Waals surface area (Å²) in [5.41, 5.74) is 2.36. The third-order valence-electron chi connectivity index (χ3n) is 3.08. The van der Waals surface area contributed by atoms with Crippen molar-refractivity contribution in [2.24, 2.45) is 9.98 Å². The molecule has 190 valence electrons. The molecule has 0 atom stereocenters. The molecule has 0 saturated heterocycles. The zero-order valence-corrected chi connectivity index (χ0v) is 28.9. The zero-order chi connectivity index (χ0) is 25.3. The van der Waals surface area contributed by atoms with Crippen molar-refractivity contribution in [2.45, 2.75) is 61.9 Å². The van der Waals surface area contributed by atoms with Crippen molar-refractivity contribution >= 4 is 12.4 Å². The Morgan fingerprint density at radius 2 is 1.24 bits per heavy atom. The Hall–Kier alpha value is -0.222. The molecule has 6 heteroatoms. The van der Waals surface area contributed by atoms with Crippen LogP contribution in [0.3, 0.4) is 0 Å². The number of rotatable bonds is 6. The first-order chi connectivity index (χ1) is 15.7. The summed E-state index contributed by atoms with van der Waals surface area (Å²) < 4.78 is 0. The van der Waals surface area contributed by atoms with Crippen LogP contribution in [0.5, 0.6) is 0 Å². The molecule has 2 N–H and O–H groups in total. The molecule has 2 radical (unpaired) electrons. The topological polar surface area (TPSA) is 48.8 Å². The van der Waals surface area contributed by atoms with Gasteiger partial charge in [0.15, 0.2) is 0 Å². The van der Waals surface area contributed by atoms with Crippen molar-refractivity contribution in [1.29, 1.82) is 0 Å². The van der Waals surface area contributed by atoms with E-state index in [4.69, 9.17) is 0 Å². The third-order valence-corrected chi connectivity index (χ3v) is 3.08. The van der Waals surface area contributed by atoms with E-state index in [-0.39, 0.29) is 65.4 Å². The van der Waals surface area contributed by atoms with Gasteiger partial charge in [-0.05, 0) is 45.3 Å². The van der Waals surface area contributed by atoms with Crippen LogP contribution in [0.15, 0.2) is 70.6 Å². The smallest absolute Gasteiger partial charge is 0.0356 e. The van der Waals surface area contributed by atoms with Gasteiger partial charge in [-0.1, -0.05) is 108 Å². The standard InChI is InChI=1S/C8H10N.C8H8N.C4H11N.C4H9N.2C2H6.2Y/c2*1-9-7-8-5-3-2-4-6-8;2*1-3-5-4-2;2*1-2;;/h2-6,9H,1,7H2;2-7H,1H2;5H,3-4H2,1-2H3;3H,4H2,1-2H3;2*1-2H3;;/q2*-1;;;;;;. The molecule has 2 rings (SSSR count). The molecule has 2 aromatic rings. The molecular formula is C28H50N4Y2-2. The second kappa shape index (κ2) is 49.8. The van der Waals surface area contributed by atoms with E-state index < -0.39 is 0 Å². The van der Waals surface area contributed by atoms with Gasteiger partial charge in [0.1, 0.15) is 0 Å². The van der Waals surface area contributed by atoms with E-state index in [0.29, 0.717) is 0 Å². The Bertz CT molecular complexity index is 575. The minimum Gasteiger partial charge on any atom is -0.469 e. The van der Waals surface area contributed by atoms with Crippen LogP contribution in [0.25, 0.3) is 0 Å². The van der Waals surface area contributed by atoms with Gasteiger partial charge < -0.3 is 15.6 Å². The fourth-order valence-corrected chi connectivity index (χ4v) is 1.82. The summed E-state index contributed by atoms with van der Waals surface area (Å²) in [4.78, 5) is 7.48. The van der Waals surface area contributed by atoms with Gasteiger partial charge in [0.25, 0.3) is 0 Å². The molecular weight excluding hydrogens is 570 g/mol. The Balaban J connectivity index is -0.0000000741. The summed E-state index contributed by atoms with van der Waals surface area (Å²) in [6.07, 6.45) is 3.53. The minimum absolute atomic E-state index is 0. The van der Waals surface area contributed by atoms with Crippen molar-refractivity contribution in [3.63, 3.8) is 0 Å². The maximum atomic E-state index is 3.85. The molecule has 0 fully saturated rings. The second-order valence-electron chi connectivity index (χ2n) is 5.35. The summed E-state index contributed by atoms with van der Waals surface area (Å²) in [5.74, 6) is 0. The molecule has 0 saturated carbocycles. The average Bonchev–Trinajstić information content (AvgIpc) is 2.86. The molecule has 0 aliphatic heterocycles. The van der Waals surface area contributed by atoms with Crippen LogP contribution in [-0.2, 0) is 72.0 Å². The second-order valence-corrected chi connectivity index (χ2v) is 5.35. The molecule has 34 heavy (non-hydrogen) atoms. The quantitative estimate of drug-likeness (QED) is 0.265. The van der Waals surface area contributed by atoms with Gasteiger partial charge in [-0.3, -0.25) is 12.0 Å². The predicted molar refractivity (Wildman–Crippen MR) is 150 cm³/mol. The number of hydrogen-bond acceptors (Lipinski definition) is 4. The summed E-state index contributed by atoms with van der Waals surface area (Å²) in [5, 5.41) is 5.95. The number of aliphatic imine (C=N–C) groups is 2. The van der Waals surface area contributed by atoms with Crippen LogP contribution in [-0.4, -0.2) is 32.1 Å². The molecule has 0 aliphatic rings. The minimum atomic E-state index is 0. The average molecular weight is 621 g/mol. The van der Waals surface area contributed by atoms with Gasteiger partial charge in [-0.15, -0.1) is 6.21 Å².